The Hall–Kier alpha value is -1.32. The predicted molar refractivity (Wildman–Crippen MR) is 42.9 cm³/mol. The number of carboxylic acids is 1. The lowest BCUT2D eigenvalue weighted by atomic mass is 9.73. The van der Waals surface area contributed by atoms with E-state index in [-0.39, 0.29) is 18.5 Å². The maximum Gasteiger partial charge on any atom is 0.317 e. The van der Waals surface area contributed by atoms with E-state index in [4.69, 9.17) is 9.84 Å². The molecule has 13 heavy (non-hydrogen) atoms. The fraction of sp³-hybridized carbons (Fsp3) is 0.556. The fourth-order valence-electron chi connectivity index (χ4n) is 1.88. The molecular weight excluding hydrogens is 172 g/mol. The van der Waals surface area contributed by atoms with Gasteiger partial charge < -0.3 is 9.84 Å². The molecule has 4 heteroatoms. The third-order valence-corrected chi connectivity index (χ3v) is 2.64. The van der Waals surface area contributed by atoms with Gasteiger partial charge in [-0.1, -0.05) is 6.08 Å². The standard InChI is InChI=1S/C9H10O4/c10-7(11)5-9-3-1-6(2-4-9)13-8(9)12/h1,3,6H,2,4-5H2,(H,10,11). The molecule has 0 radical (unpaired) electrons. The summed E-state index contributed by atoms with van der Waals surface area (Å²) in [6, 6.07) is 0. The minimum absolute atomic E-state index is 0.122. The molecule has 0 aromatic rings. The Morgan fingerprint density at radius 3 is 3.00 bits per heavy atom. The second-order valence-corrected chi connectivity index (χ2v) is 3.57. The first-order valence-electron chi connectivity index (χ1n) is 4.25. The van der Waals surface area contributed by atoms with Crippen LogP contribution in [-0.2, 0) is 14.3 Å². The Morgan fingerprint density at radius 2 is 2.54 bits per heavy atom. The number of carbonyl (C=O) groups is 2. The molecule has 0 aromatic carbocycles. The molecule has 2 heterocycles. The molecule has 3 aliphatic rings. The quantitative estimate of drug-likeness (QED) is 0.505. The van der Waals surface area contributed by atoms with Crippen LogP contribution >= 0.6 is 0 Å². The molecule has 0 spiro atoms. The normalized spacial score (nSPS) is 36.0. The molecule has 0 aromatic heterocycles. The van der Waals surface area contributed by atoms with Crippen molar-refractivity contribution < 1.29 is 19.4 Å². The maximum atomic E-state index is 11.4. The number of aliphatic carboxylic acids is 1. The first-order valence-corrected chi connectivity index (χ1v) is 4.25. The van der Waals surface area contributed by atoms with Gasteiger partial charge in [-0.3, -0.25) is 9.59 Å². The SMILES string of the molecule is O=C(O)CC12C=CC(CC1)OC2=O. The van der Waals surface area contributed by atoms with Gasteiger partial charge in [0.1, 0.15) is 6.10 Å². The summed E-state index contributed by atoms with van der Waals surface area (Å²) in [5, 5.41) is 8.66. The Bertz CT molecular complexity index is 294. The summed E-state index contributed by atoms with van der Waals surface area (Å²) in [5.41, 5.74) is -0.874. The molecule has 1 fully saturated rings. The van der Waals surface area contributed by atoms with E-state index >= 15 is 0 Å². The summed E-state index contributed by atoms with van der Waals surface area (Å²) < 4.78 is 5.00. The monoisotopic (exact) mass is 182 g/mol. The van der Waals surface area contributed by atoms with Gasteiger partial charge in [0.15, 0.2) is 0 Å². The lowest BCUT2D eigenvalue weighted by Gasteiger charge is -2.38. The smallest absolute Gasteiger partial charge is 0.317 e. The van der Waals surface area contributed by atoms with Gasteiger partial charge in [-0.05, 0) is 18.9 Å². The van der Waals surface area contributed by atoms with Gasteiger partial charge in [0, 0.05) is 0 Å². The third kappa shape index (κ3) is 1.22. The molecule has 0 saturated carbocycles. The summed E-state index contributed by atoms with van der Waals surface area (Å²) in [6.45, 7) is 0. The van der Waals surface area contributed by atoms with Crippen molar-refractivity contribution in [3.63, 3.8) is 0 Å². The molecule has 2 atom stereocenters. The van der Waals surface area contributed by atoms with E-state index in [0.717, 1.165) is 6.42 Å². The van der Waals surface area contributed by atoms with Gasteiger partial charge in [-0.2, -0.15) is 0 Å². The average Bonchev–Trinajstić information content (AvgIpc) is 2.06. The van der Waals surface area contributed by atoms with Crippen molar-refractivity contribution >= 4 is 11.9 Å². The number of esters is 1. The largest absolute Gasteiger partial charge is 0.481 e. The summed E-state index contributed by atoms with van der Waals surface area (Å²) in [7, 11) is 0. The van der Waals surface area contributed by atoms with Crippen LogP contribution in [0.3, 0.4) is 0 Å². The van der Waals surface area contributed by atoms with E-state index < -0.39 is 11.4 Å². The van der Waals surface area contributed by atoms with Crippen molar-refractivity contribution in [1.29, 1.82) is 0 Å². The highest BCUT2D eigenvalue weighted by molar-refractivity contribution is 5.86. The van der Waals surface area contributed by atoms with Gasteiger partial charge >= 0.3 is 11.9 Å². The van der Waals surface area contributed by atoms with Crippen LogP contribution in [0.1, 0.15) is 19.3 Å². The highest BCUT2D eigenvalue weighted by atomic mass is 16.5. The molecule has 2 bridgehead atoms. The average molecular weight is 182 g/mol. The van der Waals surface area contributed by atoms with E-state index in [1.807, 2.05) is 0 Å². The zero-order valence-electron chi connectivity index (χ0n) is 7.03. The first kappa shape index (κ1) is 8.29. The molecule has 1 saturated heterocycles. The highest BCUT2D eigenvalue weighted by Gasteiger charge is 2.47. The molecule has 2 unspecified atom stereocenters. The maximum absolute atomic E-state index is 11.4. The lowest BCUT2D eigenvalue weighted by molar-refractivity contribution is -0.169. The third-order valence-electron chi connectivity index (χ3n) is 2.64. The molecule has 1 aliphatic carbocycles. The second-order valence-electron chi connectivity index (χ2n) is 3.57. The minimum Gasteiger partial charge on any atom is -0.481 e. The number of fused-ring (bicyclic) bond motifs is 2. The molecule has 2 aliphatic heterocycles. The van der Waals surface area contributed by atoms with Crippen molar-refractivity contribution in [3.8, 4) is 0 Å². The van der Waals surface area contributed by atoms with Crippen LogP contribution in [0.2, 0.25) is 0 Å². The molecule has 4 nitrogen and oxygen atoms in total. The van der Waals surface area contributed by atoms with E-state index in [1.165, 1.54) is 0 Å². The molecule has 1 N–H and O–H groups in total. The van der Waals surface area contributed by atoms with Crippen LogP contribution in [-0.4, -0.2) is 23.1 Å². The summed E-state index contributed by atoms with van der Waals surface area (Å²) in [6.07, 6.45) is 4.54. The highest BCUT2D eigenvalue weighted by Crippen LogP contribution is 2.41. The topological polar surface area (TPSA) is 63.6 Å². The minimum atomic E-state index is -0.957. The van der Waals surface area contributed by atoms with Gasteiger partial charge in [0.25, 0.3) is 0 Å². The first-order chi connectivity index (χ1) is 6.12. The Balaban J connectivity index is 2.28. The summed E-state index contributed by atoms with van der Waals surface area (Å²) in [5.74, 6) is -1.34. The van der Waals surface area contributed by atoms with Crippen LogP contribution < -0.4 is 0 Å². The van der Waals surface area contributed by atoms with E-state index in [1.54, 1.807) is 12.2 Å². The van der Waals surface area contributed by atoms with Crippen LogP contribution in [0, 0.1) is 5.41 Å². The second kappa shape index (κ2) is 2.58. The molecule has 3 rings (SSSR count). The number of hydrogen-bond donors (Lipinski definition) is 1. The van der Waals surface area contributed by atoms with Crippen LogP contribution in [0.15, 0.2) is 12.2 Å². The van der Waals surface area contributed by atoms with Crippen molar-refractivity contribution in [2.75, 3.05) is 0 Å². The van der Waals surface area contributed by atoms with Crippen LogP contribution in [0.25, 0.3) is 0 Å². The number of ether oxygens (including phenoxy) is 1. The number of carbonyl (C=O) groups excluding carboxylic acids is 1. The summed E-state index contributed by atoms with van der Waals surface area (Å²) >= 11 is 0. The van der Waals surface area contributed by atoms with Crippen LogP contribution in [0.4, 0.5) is 0 Å². The Labute approximate surface area is 75.2 Å². The molecule has 70 valence electrons. The van der Waals surface area contributed by atoms with Crippen LogP contribution in [0.5, 0.6) is 0 Å². The number of carboxylic acid groups (broad SMARTS) is 1. The van der Waals surface area contributed by atoms with Crippen molar-refractivity contribution in [1.82, 2.24) is 0 Å². The zero-order valence-corrected chi connectivity index (χ0v) is 7.03. The van der Waals surface area contributed by atoms with Gasteiger partial charge in [-0.25, -0.2) is 0 Å². The molecule has 0 amide bonds. The number of rotatable bonds is 2. The lowest BCUT2D eigenvalue weighted by Crippen LogP contribution is -2.44. The number of hydrogen-bond acceptors (Lipinski definition) is 3. The Morgan fingerprint density at radius 1 is 1.77 bits per heavy atom. The van der Waals surface area contributed by atoms with Gasteiger partial charge in [0.05, 0.1) is 11.8 Å². The summed E-state index contributed by atoms with van der Waals surface area (Å²) in [4.78, 5) is 21.9. The van der Waals surface area contributed by atoms with E-state index in [0.29, 0.717) is 6.42 Å². The fourth-order valence-corrected chi connectivity index (χ4v) is 1.88. The van der Waals surface area contributed by atoms with Gasteiger partial charge in [-0.15, -0.1) is 0 Å². The van der Waals surface area contributed by atoms with Crippen molar-refractivity contribution in [2.45, 2.75) is 25.4 Å². The van der Waals surface area contributed by atoms with Gasteiger partial charge in [0.2, 0.25) is 0 Å². The predicted octanol–water partition coefficient (Wildman–Crippen LogP) is 0.723. The van der Waals surface area contributed by atoms with E-state index in [9.17, 15) is 9.59 Å². The Kier molecular flexibility index (Phi) is 1.65. The zero-order chi connectivity index (χ0) is 9.47. The van der Waals surface area contributed by atoms with E-state index in [2.05, 4.69) is 0 Å². The van der Waals surface area contributed by atoms with Crippen molar-refractivity contribution in [3.05, 3.63) is 12.2 Å². The van der Waals surface area contributed by atoms with Crippen molar-refractivity contribution in [2.24, 2.45) is 5.41 Å². The molecular formula is C9H10O4.